The van der Waals surface area contributed by atoms with Gasteiger partial charge in [0, 0.05) is 27.5 Å². The largest absolute Gasteiger partial charge is 0.362 e. The molecule has 3 rings (SSSR count). The van der Waals surface area contributed by atoms with E-state index in [1.54, 1.807) is 11.3 Å². The van der Waals surface area contributed by atoms with Crippen molar-refractivity contribution in [2.24, 2.45) is 0 Å². The van der Waals surface area contributed by atoms with Crippen molar-refractivity contribution in [1.82, 2.24) is 0 Å². The minimum absolute atomic E-state index is 0.190. The summed E-state index contributed by atoms with van der Waals surface area (Å²) >= 11 is 1.67. The molecule has 2 nitrogen and oxygen atoms in total. The van der Waals surface area contributed by atoms with Gasteiger partial charge in [-0.1, -0.05) is 12.1 Å². The fraction of sp³-hybridized carbons (Fsp3) is 0.438. The van der Waals surface area contributed by atoms with Gasteiger partial charge in [-0.15, -0.1) is 11.3 Å². The minimum atomic E-state index is 0.190. The van der Waals surface area contributed by atoms with Gasteiger partial charge in [0.05, 0.1) is 5.69 Å². The molecule has 2 unspecified atom stereocenters. The van der Waals surface area contributed by atoms with Gasteiger partial charge >= 0.3 is 0 Å². The number of anilines is 1. The van der Waals surface area contributed by atoms with Crippen LogP contribution in [-0.4, -0.2) is 12.1 Å². The Bertz CT molecular complexity index is 638. The quantitative estimate of drug-likeness (QED) is 0.782. The highest BCUT2D eigenvalue weighted by Crippen LogP contribution is 2.29. The van der Waals surface area contributed by atoms with Gasteiger partial charge in [0.15, 0.2) is 0 Å². The van der Waals surface area contributed by atoms with E-state index in [1.807, 2.05) is 29.6 Å². The van der Waals surface area contributed by atoms with Crippen molar-refractivity contribution in [3.8, 4) is 0 Å². The fourth-order valence-corrected chi connectivity index (χ4v) is 4.05. The topological polar surface area (TPSA) is 20.3 Å². The van der Waals surface area contributed by atoms with Crippen molar-refractivity contribution in [2.75, 3.05) is 4.90 Å². The Morgan fingerprint density at radius 3 is 2.58 bits per heavy atom. The van der Waals surface area contributed by atoms with Crippen LogP contribution in [0.1, 0.15) is 33.1 Å². The van der Waals surface area contributed by atoms with E-state index in [0.29, 0.717) is 12.1 Å². The molecule has 0 spiro atoms. The summed E-state index contributed by atoms with van der Waals surface area (Å²) in [5.41, 5.74) is 1.08. The maximum atomic E-state index is 12.7. The summed E-state index contributed by atoms with van der Waals surface area (Å²) in [4.78, 5) is 15.0. The Morgan fingerprint density at radius 1 is 1.16 bits per heavy atom. The van der Waals surface area contributed by atoms with E-state index in [-0.39, 0.29) is 5.43 Å². The molecule has 0 radical (unpaired) electrons. The van der Waals surface area contributed by atoms with E-state index in [1.165, 1.54) is 19.3 Å². The second-order valence-electron chi connectivity index (χ2n) is 5.48. The van der Waals surface area contributed by atoms with Crippen molar-refractivity contribution in [3.05, 3.63) is 39.9 Å². The van der Waals surface area contributed by atoms with Crippen molar-refractivity contribution >= 4 is 27.1 Å². The van der Waals surface area contributed by atoms with E-state index in [0.717, 1.165) is 15.8 Å². The summed E-state index contributed by atoms with van der Waals surface area (Å²) in [5, 5.41) is 2.90. The molecule has 1 fully saturated rings. The smallest absolute Gasteiger partial charge is 0.211 e. The Morgan fingerprint density at radius 2 is 1.84 bits per heavy atom. The van der Waals surface area contributed by atoms with Gasteiger partial charge < -0.3 is 4.90 Å². The molecule has 2 heterocycles. The minimum Gasteiger partial charge on any atom is -0.362 e. The molecule has 19 heavy (non-hydrogen) atoms. The third kappa shape index (κ3) is 2.16. The fourth-order valence-electron chi connectivity index (χ4n) is 3.14. The van der Waals surface area contributed by atoms with Crippen LogP contribution in [0.5, 0.6) is 0 Å². The standard InChI is InChI=1S/C16H19NOS/c1-11-6-5-7-12(2)17(11)14-10-19-15-9-4-3-8-13(15)16(14)18/h3-4,8-12H,5-7H2,1-2H3. The first-order valence-electron chi connectivity index (χ1n) is 6.97. The Hall–Kier alpha value is -1.35. The molecule has 0 bridgehead atoms. The second kappa shape index (κ2) is 4.97. The molecule has 100 valence electrons. The first-order chi connectivity index (χ1) is 9.18. The molecule has 1 aliphatic heterocycles. The summed E-state index contributed by atoms with van der Waals surface area (Å²) in [7, 11) is 0. The summed E-state index contributed by atoms with van der Waals surface area (Å²) < 4.78 is 1.08. The summed E-state index contributed by atoms with van der Waals surface area (Å²) in [6.07, 6.45) is 3.63. The molecule has 0 amide bonds. The van der Waals surface area contributed by atoms with E-state index in [2.05, 4.69) is 18.7 Å². The number of piperidine rings is 1. The monoisotopic (exact) mass is 273 g/mol. The van der Waals surface area contributed by atoms with Gasteiger partial charge in [0.25, 0.3) is 0 Å². The van der Waals surface area contributed by atoms with Crippen LogP contribution in [0.25, 0.3) is 10.1 Å². The van der Waals surface area contributed by atoms with Gasteiger partial charge in [0.1, 0.15) is 0 Å². The van der Waals surface area contributed by atoms with Crippen LogP contribution in [-0.2, 0) is 0 Å². The van der Waals surface area contributed by atoms with E-state index in [9.17, 15) is 4.79 Å². The average molecular weight is 273 g/mol. The molecule has 2 aromatic rings. The maximum Gasteiger partial charge on any atom is 0.211 e. The van der Waals surface area contributed by atoms with Crippen LogP contribution in [0, 0.1) is 0 Å². The molecular weight excluding hydrogens is 254 g/mol. The van der Waals surface area contributed by atoms with Crippen molar-refractivity contribution < 1.29 is 0 Å². The highest BCUT2D eigenvalue weighted by Gasteiger charge is 2.26. The number of hydrogen-bond donors (Lipinski definition) is 0. The summed E-state index contributed by atoms with van der Waals surface area (Å²) in [6.45, 7) is 4.46. The zero-order chi connectivity index (χ0) is 13.4. The Kier molecular flexibility index (Phi) is 3.31. The average Bonchev–Trinajstić information content (AvgIpc) is 2.41. The van der Waals surface area contributed by atoms with Crippen LogP contribution < -0.4 is 10.3 Å². The molecule has 1 aromatic carbocycles. The zero-order valence-corrected chi connectivity index (χ0v) is 12.2. The number of benzene rings is 1. The predicted molar refractivity (Wildman–Crippen MR) is 83.3 cm³/mol. The van der Waals surface area contributed by atoms with Gasteiger partial charge in [-0.25, -0.2) is 0 Å². The van der Waals surface area contributed by atoms with Gasteiger partial charge in [-0.3, -0.25) is 4.79 Å². The van der Waals surface area contributed by atoms with Crippen LogP contribution in [0.3, 0.4) is 0 Å². The van der Waals surface area contributed by atoms with Crippen molar-refractivity contribution in [1.29, 1.82) is 0 Å². The van der Waals surface area contributed by atoms with Gasteiger partial charge in [0.2, 0.25) is 5.43 Å². The molecule has 1 aliphatic rings. The van der Waals surface area contributed by atoms with Crippen LogP contribution in [0.4, 0.5) is 5.69 Å². The third-order valence-electron chi connectivity index (χ3n) is 4.13. The lowest BCUT2D eigenvalue weighted by molar-refractivity contribution is 0.414. The van der Waals surface area contributed by atoms with Gasteiger partial charge in [-0.05, 0) is 45.2 Å². The number of rotatable bonds is 1. The molecule has 1 aromatic heterocycles. The molecular formula is C16H19NOS. The third-order valence-corrected chi connectivity index (χ3v) is 5.08. The van der Waals surface area contributed by atoms with Crippen molar-refractivity contribution in [3.63, 3.8) is 0 Å². The molecule has 3 heteroatoms. The second-order valence-corrected chi connectivity index (χ2v) is 6.39. The Labute approximate surface area is 117 Å². The first-order valence-corrected chi connectivity index (χ1v) is 7.85. The lowest BCUT2D eigenvalue weighted by atomic mass is 9.97. The first kappa shape index (κ1) is 12.7. The normalized spacial score (nSPS) is 23.8. The van der Waals surface area contributed by atoms with E-state index < -0.39 is 0 Å². The predicted octanol–water partition coefficient (Wildman–Crippen LogP) is 4.03. The van der Waals surface area contributed by atoms with E-state index in [4.69, 9.17) is 0 Å². The lowest BCUT2D eigenvalue weighted by Gasteiger charge is -2.40. The van der Waals surface area contributed by atoms with Crippen molar-refractivity contribution in [2.45, 2.75) is 45.2 Å². The van der Waals surface area contributed by atoms with Crippen LogP contribution in [0.2, 0.25) is 0 Å². The van der Waals surface area contributed by atoms with E-state index >= 15 is 0 Å². The molecule has 0 N–H and O–H groups in total. The molecule has 0 aliphatic carbocycles. The van der Waals surface area contributed by atoms with Crippen LogP contribution in [0.15, 0.2) is 34.4 Å². The molecule has 2 atom stereocenters. The number of nitrogens with zero attached hydrogens (tertiary/aromatic N) is 1. The zero-order valence-electron chi connectivity index (χ0n) is 11.4. The highest BCUT2D eigenvalue weighted by atomic mass is 32.1. The Balaban J connectivity index is 2.14. The molecule has 0 saturated carbocycles. The number of fused-ring (bicyclic) bond motifs is 1. The molecule has 1 saturated heterocycles. The number of hydrogen-bond acceptors (Lipinski definition) is 3. The summed E-state index contributed by atoms with van der Waals surface area (Å²) in [6, 6.07) is 8.83. The summed E-state index contributed by atoms with van der Waals surface area (Å²) in [5.74, 6) is 0. The SMILES string of the molecule is CC1CCCC(C)N1c1csc2ccccc2c1=O. The maximum absolute atomic E-state index is 12.7. The van der Waals surface area contributed by atoms with Gasteiger partial charge in [-0.2, -0.15) is 0 Å². The lowest BCUT2D eigenvalue weighted by Crippen LogP contribution is -2.45. The highest BCUT2D eigenvalue weighted by molar-refractivity contribution is 7.16. The van der Waals surface area contributed by atoms with Crippen LogP contribution >= 0.6 is 11.3 Å².